The van der Waals surface area contributed by atoms with Crippen molar-refractivity contribution in [3.63, 3.8) is 0 Å². The smallest absolute Gasteiger partial charge is 0.225 e. The maximum absolute atomic E-state index is 12.2. The van der Waals surface area contributed by atoms with Gasteiger partial charge in [0.05, 0.1) is 19.5 Å². The molecule has 7 nitrogen and oxygen atoms in total. The number of sulfonamides is 1. The molecule has 0 atom stereocenters. The number of carbonyl (C=O) groups is 1. The fourth-order valence-corrected chi connectivity index (χ4v) is 3.63. The molecule has 1 aromatic carbocycles. The van der Waals surface area contributed by atoms with Crippen LogP contribution in [0.25, 0.3) is 0 Å². The predicted octanol–water partition coefficient (Wildman–Crippen LogP) is 1.23. The molecule has 146 valence electrons. The number of benzene rings is 1. The molecule has 0 aliphatic carbocycles. The van der Waals surface area contributed by atoms with Crippen molar-refractivity contribution in [2.45, 2.75) is 20.3 Å². The summed E-state index contributed by atoms with van der Waals surface area (Å²) in [5.74, 6) is -0.187. The number of carbonyl (C=O) groups excluding carboxylic acids is 1. The molecule has 0 aromatic heterocycles. The normalized spacial score (nSPS) is 16.0. The number of morpholine rings is 1. The van der Waals surface area contributed by atoms with Gasteiger partial charge in [0.1, 0.15) is 0 Å². The quantitative estimate of drug-likeness (QED) is 0.730. The van der Waals surface area contributed by atoms with Gasteiger partial charge >= 0.3 is 0 Å². The summed E-state index contributed by atoms with van der Waals surface area (Å²) in [4.78, 5) is 14.4. The molecule has 26 heavy (non-hydrogen) atoms. The lowest BCUT2D eigenvalue weighted by Gasteiger charge is -2.29. The van der Waals surface area contributed by atoms with Crippen molar-refractivity contribution in [3.05, 3.63) is 29.3 Å². The first-order chi connectivity index (χ1) is 12.3. The maximum Gasteiger partial charge on any atom is 0.225 e. The van der Waals surface area contributed by atoms with E-state index in [0.717, 1.165) is 29.9 Å². The zero-order valence-corrected chi connectivity index (χ0v) is 16.6. The van der Waals surface area contributed by atoms with Crippen molar-refractivity contribution in [1.29, 1.82) is 0 Å². The number of anilines is 1. The molecule has 1 aliphatic heterocycles. The number of nitrogens with one attached hydrogen (secondary N) is 1. The summed E-state index contributed by atoms with van der Waals surface area (Å²) in [5, 5.41) is 2.83. The molecule has 1 aromatic rings. The summed E-state index contributed by atoms with van der Waals surface area (Å²) in [6.45, 7) is 8.19. The summed E-state index contributed by atoms with van der Waals surface area (Å²) in [6, 6.07) is 5.73. The zero-order chi connectivity index (χ0) is 19.2. The Morgan fingerprint density at radius 3 is 2.50 bits per heavy atom. The Hall–Kier alpha value is -1.48. The summed E-state index contributed by atoms with van der Waals surface area (Å²) in [7, 11) is -3.35. The van der Waals surface area contributed by atoms with Gasteiger partial charge in [-0.15, -0.1) is 0 Å². The molecule has 1 aliphatic rings. The SMILES string of the molecule is Cc1ccc(NC(=O)CCN(CCN2CCOCC2)S(C)(=O)=O)cc1C. The number of ether oxygens (including phenoxy) is 1. The van der Waals surface area contributed by atoms with Gasteiger partial charge < -0.3 is 10.1 Å². The van der Waals surface area contributed by atoms with Crippen LogP contribution in [0.2, 0.25) is 0 Å². The number of hydrogen-bond donors (Lipinski definition) is 1. The lowest BCUT2D eigenvalue weighted by Crippen LogP contribution is -2.43. The minimum absolute atomic E-state index is 0.128. The third-order valence-corrected chi connectivity index (χ3v) is 5.92. The largest absolute Gasteiger partial charge is 0.379 e. The fraction of sp³-hybridized carbons (Fsp3) is 0.611. The van der Waals surface area contributed by atoms with Crippen molar-refractivity contribution in [3.8, 4) is 0 Å². The Morgan fingerprint density at radius 1 is 1.19 bits per heavy atom. The van der Waals surface area contributed by atoms with Gasteiger partial charge in [0, 0.05) is 44.8 Å². The van der Waals surface area contributed by atoms with Crippen LogP contribution in [-0.2, 0) is 19.6 Å². The van der Waals surface area contributed by atoms with Gasteiger partial charge in [0.2, 0.25) is 15.9 Å². The van der Waals surface area contributed by atoms with E-state index >= 15 is 0 Å². The summed E-state index contributed by atoms with van der Waals surface area (Å²) in [5.41, 5.74) is 3.00. The van der Waals surface area contributed by atoms with E-state index in [1.165, 1.54) is 10.6 Å². The third-order valence-electron chi connectivity index (χ3n) is 4.62. The Balaban J connectivity index is 1.85. The molecule has 1 amide bonds. The number of amides is 1. The van der Waals surface area contributed by atoms with Crippen LogP contribution in [-0.4, -0.2) is 75.7 Å². The van der Waals surface area contributed by atoms with Gasteiger partial charge in [0.25, 0.3) is 0 Å². The molecular formula is C18H29N3O4S. The van der Waals surface area contributed by atoms with Crippen LogP contribution in [0.3, 0.4) is 0 Å². The van der Waals surface area contributed by atoms with Crippen molar-refractivity contribution in [2.75, 3.05) is 57.5 Å². The van der Waals surface area contributed by atoms with Crippen LogP contribution in [0.5, 0.6) is 0 Å². The first kappa shape index (κ1) is 20.8. The van der Waals surface area contributed by atoms with Gasteiger partial charge in [-0.25, -0.2) is 12.7 Å². The van der Waals surface area contributed by atoms with Crippen molar-refractivity contribution < 1.29 is 17.9 Å². The average Bonchev–Trinajstić information content (AvgIpc) is 2.58. The molecule has 1 saturated heterocycles. The van der Waals surface area contributed by atoms with E-state index in [-0.39, 0.29) is 18.9 Å². The number of rotatable bonds is 8. The van der Waals surface area contributed by atoms with Crippen LogP contribution in [0, 0.1) is 13.8 Å². The summed E-state index contributed by atoms with van der Waals surface area (Å²) >= 11 is 0. The van der Waals surface area contributed by atoms with E-state index in [2.05, 4.69) is 10.2 Å². The molecule has 0 radical (unpaired) electrons. The van der Waals surface area contributed by atoms with E-state index in [1.807, 2.05) is 32.0 Å². The van der Waals surface area contributed by atoms with E-state index in [0.29, 0.717) is 26.3 Å². The van der Waals surface area contributed by atoms with Gasteiger partial charge in [0.15, 0.2) is 0 Å². The first-order valence-electron chi connectivity index (χ1n) is 8.88. The molecule has 0 bridgehead atoms. The molecule has 1 heterocycles. The van der Waals surface area contributed by atoms with E-state index < -0.39 is 10.0 Å². The van der Waals surface area contributed by atoms with Gasteiger partial charge in [-0.05, 0) is 37.1 Å². The lowest BCUT2D eigenvalue weighted by molar-refractivity contribution is -0.116. The van der Waals surface area contributed by atoms with Gasteiger partial charge in [-0.2, -0.15) is 0 Å². The Labute approximate surface area is 156 Å². The zero-order valence-electron chi connectivity index (χ0n) is 15.8. The predicted molar refractivity (Wildman–Crippen MR) is 103 cm³/mol. The van der Waals surface area contributed by atoms with Crippen molar-refractivity contribution in [1.82, 2.24) is 9.21 Å². The highest BCUT2D eigenvalue weighted by Gasteiger charge is 2.20. The molecule has 1 fully saturated rings. The number of nitrogens with zero attached hydrogens (tertiary/aromatic N) is 2. The van der Waals surface area contributed by atoms with E-state index in [1.54, 1.807) is 0 Å². The Morgan fingerprint density at radius 2 is 1.88 bits per heavy atom. The molecule has 0 saturated carbocycles. The fourth-order valence-electron chi connectivity index (χ4n) is 2.79. The minimum atomic E-state index is -3.35. The Kier molecular flexibility index (Phi) is 7.57. The van der Waals surface area contributed by atoms with Crippen molar-refractivity contribution >= 4 is 21.6 Å². The standard InChI is InChI=1S/C18H29N3O4S/c1-15-4-5-17(14-16(15)2)19-18(22)6-7-21(26(3,23)24)9-8-20-10-12-25-13-11-20/h4-5,14H,6-13H2,1-3H3,(H,19,22). The Bertz CT molecular complexity index is 715. The molecular weight excluding hydrogens is 354 g/mol. The highest BCUT2D eigenvalue weighted by Crippen LogP contribution is 2.14. The summed E-state index contributed by atoms with van der Waals surface area (Å²) < 4.78 is 30.7. The highest BCUT2D eigenvalue weighted by atomic mass is 32.2. The second-order valence-electron chi connectivity index (χ2n) is 6.71. The van der Waals surface area contributed by atoms with E-state index in [9.17, 15) is 13.2 Å². The second kappa shape index (κ2) is 9.45. The minimum Gasteiger partial charge on any atom is -0.379 e. The first-order valence-corrected chi connectivity index (χ1v) is 10.7. The highest BCUT2D eigenvalue weighted by molar-refractivity contribution is 7.88. The summed E-state index contributed by atoms with van der Waals surface area (Å²) in [6.07, 6.45) is 1.32. The number of aryl methyl sites for hydroxylation is 2. The molecule has 2 rings (SSSR count). The van der Waals surface area contributed by atoms with Crippen LogP contribution in [0.15, 0.2) is 18.2 Å². The molecule has 0 unspecified atom stereocenters. The van der Waals surface area contributed by atoms with Crippen LogP contribution in [0.4, 0.5) is 5.69 Å². The molecule has 0 spiro atoms. The maximum atomic E-state index is 12.2. The van der Waals surface area contributed by atoms with E-state index in [4.69, 9.17) is 4.74 Å². The van der Waals surface area contributed by atoms with Crippen LogP contribution in [0.1, 0.15) is 17.5 Å². The topological polar surface area (TPSA) is 79.0 Å². The molecule has 1 N–H and O–H groups in total. The van der Waals surface area contributed by atoms with Gasteiger partial charge in [-0.3, -0.25) is 9.69 Å². The second-order valence-corrected chi connectivity index (χ2v) is 8.70. The van der Waals surface area contributed by atoms with Crippen LogP contribution >= 0.6 is 0 Å². The third kappa shape index (κ3) is 6.68. The number of hydrogen-bond acceptors (Lipinski definition) is 5. The monoisotopic (exact) mass is 383 g/mol. The molecule has 8 heteroatoms. The van der Waals surface area contributed by atoms with Crippen molar-refractivity contribution in [2.24, 2.45) is 0 Å². The lowest BCUT2D eigenvalue weighted by atomic mass is 10.1. The van der Waals surface area contributed by atoms with Crippen LogP contribution < -0.4 is 5.32 Å². The van der Waals surface area contributed by atoms with Gasteiger partial charge in [-0.1, -0.05) is 6.07 Å². The average molecular weight is 384 g/mol.